The number of aliphatic hydroxyl groups is 3. The van der Waals surface area contributed by atoms with Crippen molar-refractivity contribution in [2.24, 2.45) is 40.4 Å². The van der Waals surface area contributed by atoms with Crippen LogP contribution in [-0.4, -0.2) is 82.4 Å². The van der Waals surface area contributed by atoms with E-state index in [9.17, 15) is 20.1 Å². The molecule has 13 atom stereocenters. The first-order chi connectivity index (χ1) is 14.6. The lowest BCUT2D eigenvalue weighted by molar-refractivity contribution is -0.266. The standard InChI is InChI=1S/C24H37NO6/c1-5-25-10-22(3)7-6-15(27)24-13-8-12-14(30-4)9-23(29,16(13)18(12)28)17(21(24)25)19(20(22)24)31-11(2)26/h12-21,27-29H,5-10H2,1-4H3. The molecule has 7 heteroatoms. The van der Waals surface area contributed by atoms with E-state index in [1.165, 1.54) is 6.92 Å². The van der Waals surface area contributed by atoms with Gasteiger partial charge in [-0.25, -0.2) is 0 Å². The van der Waals surface area contributed by atoms with Crippen molar-refractivity contribution in [1.29, 1.82) is 0 Å². The van der Waals surface area contributed by atoms with Gasteiger partial charge in [-0.15, -0.1) is 0 Å². The number of hydrogen-bond acceptors (Lipinski definition) is 7. The van der Waals surface area contributed by atoms with E-state index in [1.54, 1.807) is 7.11 Å². The second-order valence-corrected chi connectivity index (χ2v) is 11.8. The molecule has 1 saturated heterocycles. The van der Waals surface area contributed by atoms with E-state index in [1.807, 2.05) is 0 Å². The summed E-state index contributed by atoms with van der Waals surface area (Å²) in [5.41, 5.74) is -1.75. The number of rotatable bonds is 3. The van der Waals surface area contributed by atoms with Crippen molar-refractivity contribution in [2.45, 2.75) is 82.5 Å². The van der Waals surface area contributed by atoms with Gasteiger partial charge in [-0.3, -0.25) is 9.69 Å². The van der Waals surface area contributed by atoms with Crippen molar-refractivity contribution in [3.63, 3.8) is 0 Å². The van der Waals surface area contributed by atoms with Crippen molar-refractivity contribution in [3.8, 4) is 0 Å². The lowest BCUT2D eigenvalue weighted by Gasteiger charge is -2.68. The van der Waals surface area contributed by atoms with Crippen LogP contribution in [0, 0.1) is 40.4 Å². The molecule has 31 heavy (non-hydrogen) atoms. The Morgan fingerprint density at radius 3 is 2.65 bits per heavy atom. The fourth-order valence-corrected chi connectivity index (χ4v) is 10.5. The van der Waals surface area contributed by atoms with Crippen molar-refractivity contribution < 1.29 is 29.6 Å². The average Bonchev–Trinajstić information content (AvgIpc) is 3.11. The Balaban J connectivity index is 1.63. The Bertz CT molecular complexity index is 807. The van der Waals surface area contributed by atoms with Gasteiger partial charge in [0.15, 0.2) is 0 Å². The highest BCUT2D eigenvalue weighted by Gasteiger charge is 2.86. The second-order valence-electron chi connectivity index (χ2n) is 11.8. The third-order valence-electron chi connectivity index (χ3n) is 10.9. The number of hydrogen-bond donors (Lipinski definition) is 3. The van der Waals surface area contributed by atoms with Gasteiger partial charge in [0.25, 0.3) is 0 Å². The van der Waals surface area contributed by atoms with Crippen LogP contribution in [0.2, 0.25) is 0 Å². The monoisotopic (exact) mass is 435 g/mol. The normalized spacial score (nSPS) is 61.4. The van der Waals surface area contributed by atoms with Crippen molar-refractivity contribution in [1.82, 2.24) is 4.90 Å². The maximum Gasteiger partial charge on any atom is 0.302 e. The van der Waals surface area contributed by atoms with Gasteiger partial charge < -0.3 is 24.8 Å². The molecule has 7 nitrogen and oxygen atoms in total. The molecule has 0 aromatic rings. The second kappa shape index (κ2) is 6.23. The molecule has 1 spiro atoms. The summed E-state index contributed by atoms with van der Waals surface area (Å²) in [6, 6.07) is -0.0527. The van der Waals surface area contributed by atoms with Crippen LogP contribution in [0.3, 0.4) is 0 Å². The molecule has 13 unspecified atom stereocenters. The maximum absolute atomic E-state index is 12.4. The van der Waals surface area contributed by atoms with Gasteiger partial charge in [0, 0.05) is 62.1 Å². The van der Waals surface area contributed by atoms with Gasteiger partial charge in [0.05, 0.1) is 23.9 Å². The molecule has 6 aliphatic rings. The minimum absolute atomic E-state index is 0.00276. The molecule has 0 radical (unpaired) electrons. The van der Waals surface area contributed by atoms with E-state index >= 15 is 0 Å². The minimum Gasteiger partial charge on any atom is -0.462 e. The summed E-state index contributed by atoms with van der Waals surface area (Å²) in [4.78, 5) is 14.8. The van der Waals surface area contributed by atoms with Crippen LogP contribution in [0.15, 0.2) is 0 Å². The topological polar surface area (TPSA) is 99.5 Å². The zero-order valence-corrected chi connectivity index (χ0v) is 19.0. The van der Waals surface area contributed by atoms with Crippen LogP contribution >= 0.6 is 0 Å². The van der Waals surface area contributed by atoms with E-state index in [-0.39, 0.29) is 53.1 Å². The Hall–Kier alpha value is -0.730. The Morgan fingerprint density at radius 2 is 2.00 bits per heavy atom. The zero-order chi connectivity index (χ0) is 22.1. The molecule has 6 rings (SSSR count). The molecule has 6 fully saturated rings. The molecule has 5 saturated carbocycles. The molecular formula is C24H37NO6. The first-order valence-corrected chi connectivity index (χ1v) is 12.2. The fraction of sp³-hybridized carbons (Fsp3) is 0.958. The predicted molar refractivity (Wildman–Crippen MR) is 111 cm³/mol. The van der Waals surface area contributed by atoms with Gasteiger partial charge >= 0.3 is 5.97 Å². The molecule has 1 heterocycles. The molecule has 7 bridgehead atoms. The van der Waals surface area contributed by atoms with E-state index in [4.69, 9.17) is 9.47 Å². The zero-order valence-electron chi connectivity index (χ0n) is 19.0. The number of methoxy groups -OCH3 is 1. The van der Waals surface area contributed by atoms with Crippen LogP contribution in [-0.2, 0) is 14.3 Å². The predicted octanol–water partition coefficient (Wildman–Crippen LogP) is 0.792. The largest absolute Gasteiger partial charge is 0.462 e. The smallest absolute Gasteiger partial charge is 0.302 e. The number of fused-ring (bicyclic) bond motifs is 2. The molecule has 5 aliphatic carbocycles. The van der Waals surface area contributed by atoms with Crippen LogP contribution in [0.1, 0.15) is 46.5 Å². The number of carbonyl (C=O) groups is 1. The number of aliphatic hydroxyl groups excluding tert-OH is 2. The summed E-state index contributed by atoms with van der Waals surface area (Å²) in [6.45, 7) is 7.62. The van der Waals surface area contributed by atoms with Crippen LogP contribution in [0.5, 0.6) is 0 Å². The highest BCUT2D eigenvalue weighted by atomic mass is 16.5. The van der Waals surface area contributed by atoms with E-state index in [0.29, 0.717) is 6.42 Å². The molecule has 0 amide bonds. The van der Waals surface area contributed by atoms with Gasteiger partial charge in [-0.05, 0) is 37.1 Å². The highest BCUT2D eigenvalue weighted by molar-refractivity contribution is 5.66. The number of likely N-dealkylation sites (tertiary alicyclic amines) is 1. The summed E-state index contributed by atoms with van der Waals surface area (Å²) in [7, 11) is 1.66. The summed E-state index contributed by atoms with van der Waals surface area (Å²) in [6.07, 6.45) is 0.985. The van der Waals surface area contributed by atoms with E-state index in [2.05, 4.69) is 18.7 Å². The third-order valence-corrected chi connectivity index (χ3v) is 10.9. The number of carbonyl (C=O) groups excluding carboxylic acids is 1. The SMILES string of the molecule is CCN1CC2(C)CCC(O)C34C5CC6C(OC)CC(O)(C5C6O)C(C(OC(C)=O)C23)C14. The fourth-order valence-electron chi connectivity index (χ4n) is 10.5. The lowest BCUT2D eigenvalue weighted by atomic mass is 9.43. The first-order valence-electron chi connectivity index (χ1n) is 12.2. The number of piperidine rings is 1. The Labute approximate surface area is 184 Å². The number of nitrogens with zero attached hydrogens (tertiary/aromatic N) is 1. The average molecular weight is 436 g/mol. The van der Waals surface area contributed by atoms with Gasteiger partial charge in [0.1, 0.15) is 6.10 Å². The van der Waals surface area contributed by atoms with E-state index in [0.717, 1.165) is 32.4 Å². The number of ether oxygens (including phenoxy) is 2. The number of esters is 1. The summed E-state index contributed by atoms with van der Waals surface area (Å²) in [5.74, 6) is -0.988. The lowest BCUT2D eigenvalue weighted by Crippen LogP contribution is -2.75. The van der Waals surface area contributed by atoms with E-state index < -0.39 is 29.3 Å². The first kappa shape index (κ1) is 20.8. The molecular weight excluding hydrogens is 398 g/mol. The van der Waals surface area contributed by atoms with Gasteiger partial charge in [-0.1, -0.05) is 13.8 Å². The molecule has 174 valence electrons. The van der Waals surface area contributed by atoms with Crippen molar-refractivity contribution in [3.05, 3.63) is 0 Å². The molecule has 3 N–H and O–H groups in total. The molecule has 0 aromatic heterocycles. The van der Waals surface area contributed by atoms with Crippen LogP contribution < -0.4 is 0 Å². The third kappa shape index (κ3) is 2.12. The minimum atomic E-state index is -1.18. The Morgan fingerprint density at radius 1 is 1.26 bits per heavy atom. The summed E-state index contributed by atoms with van der Waals surface area (Å²) in [5, 5.41) is 35.6. The Kier molecular flexibility index (Phi) is 4.19. The van der Waals surface area contributed by atoms with Crippen molar-refractivity contribution in [2.75, 3.05) is 20.2 Å². The summed E-state index contributed by atoms with van der Waals surface area (Å²) < 4.78 is 11.9. The summed E-state index contributed by atoms with van der Waals surface area (Å²) >= 11 is 0. The highest BCUT2D eigenvalue weighted by Crippen LogP contribution is 2.79. The molecule has 1 aliphatic heterocycles. The maximum atomic E-state index is 12.4. The quantitative estimate of drug-likeness (QED) is 0.564. The van der Waals surface area contributed by atoms with Crippen LogP contribution in [0.25, 0.3) is 0 Å². The molecule has 0 aromatic carbocycles. The van der Waals surface area contributed by atoms with Gasteiger partial charge in [-0.2, -0.15) is 0 Å². The van der Waals surface area contributed by atoms with Crippen LogP contribution in [0.4, 0.5) is 0 Å². The van der Waals surface area contributed by atoms with Crippen molar-refractivity contribution >= 4 is 5.97 Å². The van der Waals surface area contributed by atoms with Gasteiger partial charge in [0.2, 0.25) is 0 Å².